The molecule has 18 heavy (non-hydrogen) atoms. The highest BCUT2D eigenvalue weighted by molar-refractivity contribution is 5.90. The van der Waals surface area contributed by atoms with Gasteiger partial charge in [0.05, 0.1) is 16.7 Å². The van der Waals surface area contributed by atoms with Gasteiger partial charge in [0.25, 0.3) is 0 Å². The number of hydrogen-bond donors (Lipinski definition) is 1. The number of imidazole rings is 1. The van der Waals surface area contributed by atoms with Gasteiger partial charge in [-0.1, -0.05) is 18.2 Å². The first-order valence-corrected chi connectivity index (χ1v) is 5.92. The number of benzene rings is 2. The van der Waals surface area contributed by atoms with E-state index in [4.69, 9.17) is 0 Å². The molecule has 4 rings (SSSR count). The molecule has 0 saturated carbocycles. The Morgan fingerprint density at radius 1 is 0.944 bits per heavy atom. The fraction of sp³-hybridized carbons (Fsp3) is 0. The summed E-state index contributed by atoms with van der Waals surface area (Å²) in [5, 5.41) is 1.21. The van der Waals surface area contributed by atoms with Crippen molar-refractivity contribution in [3.8, 4) is 5.69 Å². The molecule has 0 saturated heterocycles. The van der Waals surface area contributed by atoms with Crippen LogP contribution in [0.1, 0.15) is 0 Å². The van der Waals surface area contributed by atoms with E-state index in [0.29, 0.717) is 0 Å². The number of rotatable bonds is 1. The van der Waals surface area contributed by atoms with Gasteiger partial charge in [-0.2, -0.15) is 0 Å². The average molecular weight is 233 g/mol. The third-order valence-corrected chi connectivity index (χ3v) is 3.29. The molecule has 0 aliphatic heterocycles. The number of hydrogen-bond acceptors (Lipinski definition) is 1. The summed E-state index contributed by atoms with van der Waals surface area (Å²) in [5.41, 5.74) is 4.45. The summed E-state index contributed by atoms with van der Waals surface area (Å²) in [6.07, 6.45) is 3.85. The molecule has 0 aliphatic rings. The largest absolute Gasteiger partial charge is 0.361 e. The van der Waals surface area contributed by atoms with E-state index in [9.17, 15) is 0 Å². The molecule has 0 amide bonds. The van der Waals surface area contributed by atoms with Crippen molar-refractivity contribution in [2.75, 3.05) is 0 Å². The van der Waals surface area contributed by atoms with E-state index in [0.717, 1.165) is 22.2 Å². The van der Waals surface area contributed by atoms with Crippen LogP contribution in [-0.2, 0) is 0 Å². The van der Waals surface area contributed by atoms with Crippen LogP contribution in [0.3, 0.4) is 0 Å². The van der Waals surface area contributed by atoms with Crippen LogP contribution in [0.15, 0.2) is 61.1 Å². The fourth-order valence-corrected chi connectivity index (χ4v) is 2.43. The van der Waals surface area contributed by atoms with E-state index < -0.39 is 0 Å². The Morgan fingerprint density at radius 2 is 1.89 bits per heavy atom. The van der Waals surface area contributed by atoms with Gasteiger partial charge in [-0.25, -0.2) is 4.98 Å². The molecule has 0 spiro atoms. The molecule has 86 valence electrons. The predicted octanol–water partition coefficient (Wildman–Crippen LogP) is 3.51. The maximum Gasteiger partial charge on any atom is 0.100 e. The number of aromatic nitrogens is 3. The maximum absolute atomic E-state index is 4.44. The van der Waals surface area contributed by atoms with Crippen molar-refractivity contribution in [2.24, 2.45) is 0 Å². The number of fused-ring (bicyclic) bond motifs is 2. The van der Waals surface area contributed by atoms with E-state index in [2.05, 4.69) is 44.9 Å². The van der Waals surface area contributed by atoms with Crippen LogP contribution < -0.4 is 0 Å². The molecule has 2 heterocycles. The van der Waals surface area contributed by atoms with Crippen molar-refractivity contribution in [3.63, 3.8) is 0 Å². The lowest BCUT2D eigenvalue weighted by Gasteiger charge is -2.05. The Kier molecular flexibility index (Phi) is 1.83. The van der Waals surface area contributed by atoms with E-state index in [1.807, 2.05) is 30.7 Å². The maximum atomic E-state index is 4.44. The third-order valence-electron chi connectivity index (χ3n) is 3.29. The normalized spacial score (nSPS) is 11.3. The lowest BCUT2D eigenvalue weighted by atomic mass is 10.2. The summed E-state index contributed by atoms with van der Waals surface area (Å²) in [5.74, 6) is 0. The Labute approximate surface area is 104 Å². The second-order valence-electron chi connectivity index (χ2n) is 4.32. The van der Waals surface area contributed by atoms with E-state index in [-0.39, 0.29) is 0 Å². The molecule has 1 N–H and O–H groups in total. The number of nitrogens with zero attached hydrogens (tertiary/aromatic N) is 2. The summed E-state index contributed by atoms with van der Waals surface area (Å²) < 4.78 is 2.13. The number of nitrogens with one attached hydrogen (secondary N) is 1. The minimum Gasteiger partial charge on any atom is -0.361 e. The van der Waals surface area contributed by atoms with Crippen molar-refractivity contribution in [3.05, 3.63) is 61.1 Å². The van der Waals surface area contributed by atoms with Gasteiger partial charge in [0, 0.05) is 17.1 Å². The van der Waals surface area contributed by atoms with Crippen LogP contribution in [0.25, 0.3) is 27.6 Å². The highest BCUT2D eigenvalue weighted by Gasteiger charge is 2.07. The van der Waals surface area contributed by atoms with E-state index >= 15 is 0 Å². The van der Waals surface area contributed by atoms with Crippen LogP contribution in [0, 0.1) is 0 Å². The SMILES string of the molecule is c1ccc2c(c1)ncn2-c1cccc2[nH]ccc12. The molecular formula is C15H11N3. The van der Waals surface area contributed by atoms with Gasteiger partial charge in [0.15, 0.2) is 0 Å². The first-order valence-electron chi connectivity index (χ1n) is 5.92. The molecule has 4 aromatic rings. The third kappa shape index (κ3) is 1.21. The Balaban J connectivity index is 2.10. The molecule has 0 fully saturated rings. The molecule has 0 bridgehead atoms. The first-order chi connectivity index (χ1) is 8.93. The molecule has 0 atom stereocenters. The smallest absolute Gasteiger partial charge is 0.100 e. The first kappa shape index (κ1) is 9.48. The molecular weight excluding hydrogens is 222 g/mol. The zero-order valence-corrected chi connectivity index (χ0v) is 9.67. The second kappa shape index (κ2) is 3.47. The van der Waals surface area contributed by atoms with Crippen LogP contribution in [-0.4, -0.2) is 14.5 Å². The van der Waals surface area contributed by atoms with Gasteiger partial charge >= 0.3 is 0 Å². The lowest BCUT2D eigenvalue weighted by Crippen LogP contribution is -1.92. The predicted molar refractivity (Wildman–Crippen MR) is 72.9 cm³/mol. The highest BCUT2D eigenvalue weighted by atomic mass is 15.0. The minimum atomic E-state index is 1.02. The molecule has 0 unspecified atom stereocenters. The summed E-state index contributed by atoms with van der Waals surface area (Å²) in [6, 6.07) is 16.5. The Morgan fingerprint density at radius 3 is 2.89 bits per heavy atom. The summed E-state index contributed by atoms with van der Waals surface area (Å²) in [4.78, 5) is 7.68. The quantitative estimate of drug-likeness (QED) is 0.536. The molecule has 3 heteroatoms. The van der Waals surface area contributed by atoms with Crippen LogP contribution >= 0.6 is 0 Å². The van der Waals surface area contributed by atoms with E-state index in [1.165, 1.54) is 5.39 Å². The standard InChI is InChI=1S/C15H11N3/c1-2-6-15-13(4-1)17-10-18(15)14-7-3-5-12-11(14)8-9-16-12/h1-10,16H. The zero-order valence-electron chi connectivity index (χ0n) is 9.67. The van der Waals surface area contributed by atoms with Gasteiger partial charge in [0.2, 0.25) is 0 Å². The minimum absolute atomic E-state index is 1.02. The number of H-pyrrole nitrogens is 1. The fourth-order valence-electron chi connectivity index (χ4n) is 2.43. The zero-order chi connectivity index (χ0) is 11.9. The van der Waals surface area contributed by atoms with Crippen molar-refractivity contribution < 1.29 is 0 Å². The second-order valence-corrected chi connectivity index (χ2v) is 4.32. The highest BCUT2D eigenvalue weighted by Crippen LogP contribution is 2.24. The van der Waals surface area contributed by atoms with Crippen molar-refractivity contribution in [1.82, 2.24) is 14.5 Å². The summed E-state index contributed by atoms with van der Waals surface area (Å²) >= 11 is 0. The van der Waals surface area contributed by atoms with Gasteiger partial charge in [-0.15, -0.1) is 0 Å². The summed E-state index contributed by atoms with van der Waals surface area (Å²) in [6.45, 7) is 0. The van der Waals surface area contributed by atoms with Crippen molar-refractivity contribution in [2.45, 2.75) is 0 Å². The molecule has 2 aromatic heterocycles. The van der Waals surface area contributed by atoms with Crippen LogP contribution in [0.4, 0.5) is 0 Å². The average Bonchev–Trinajstić information content (AvgIpc) is 3.05. The molecule has 0 radical (unpaired) electrons. The van der Waals surface area contributed by atoms with Gasteiger partial charge in [0.1, 0.15) is 6.33 Å². The van der Waals surface area contributed by atoms with E-state index in [1.54, 1.807) is 0 Å². The number of para-hydroxylation sites is 2. The lowest BCUT2D eigenvalue weighted by molar-refractivity contribution is 1.11. The molecule has 3 nitrogen and oxygen atoms in total. The molecule has 0 aliphatic carbocycles. The summed E-state index contributed by atoms with van der Waals surface area (Å²) in [7, 11) is 0. The van der Waals surface area contributed by atoms with Crippen molar-refractivity contribution >= 4 is 21.9 Å². The topological polar surface area (TPSA) is 33.6 Å². The van der Waals surface area contributed by atoms with Gasteiger partial charge in [-0.3, -0.25) is 4.57 Å². The number of aromatic amines is 1. The van der Waals surface area contributed by atoms with Gasteiger partial charge in [-0.05, 0) is 30.3 Å². The molecule has 2 aromatic carbocycles. The van der Waals surface area contributed by atoms with Crippen molar-refractivity contribution in [1.29, 1.82) is 0 Å². The van der Waals surface area contributed by atoms with Gasteiger partial charge < -0.3 is 4.98 Å². The Bertz CT molecular complexity index is 839. The monoisotopic (exact) mass is 233 g/mol. The Hall–Kier alpha value is -2.55. The van der Waals surface area contributed by atoms with Crippen LogP contribution in [0.5, 0.6) is 0 Å². The van der Waals surface area contributed by atoms with Crippen LogP contribution in [0.2, 0.25) is 0 Å².